The Balaban J connectivity index is 1.86. The fourth-order valence-corrected chi connectivity index (χ4v) is 4.98. The Morgan fingerprint density at radius 3 is 2.68 bits per heavy atom. The van der Waals surface area contributed by atoms with Crippen molar-refractivity contribution in [2.45, 2.75) is 64.7 Å². The van der Waals surface area contributed by atoms with Gasteiger partial charge in [0.05, 0.1) is 5.69 Å². The van der Waals surface area contributed by atoms with Crippen molar-refractivity contribution in [2.75, 3.05) is 13.1 Å². The summed E-state index contributed by atoms with van der Waals surface area (Å²) in [6.45, 7) is 12.5. The highest BCUT2D eigenvalue weighted by atomic mass is 32.2. The molecule has 25 heavy (non-hydrogen) atoms. The Labute approximate surface area is 155 Å². The number of pyridine rings is 1. The molecule has 1 saturated heterocycles. The highest BCUT2D eigenvalue weighted by Gasteiger charge is 2.51. The predicted molar refractivity (Wildman–Crippen MR) is 104 cm³/mol. The molecule has 1 aliphatic carbocycles. The van der Waals surface area contributed by atoms with Crippen LogP contribution in [0.3, 0.4) is 0 Å². The van der Waals surface area contributed by atoms with E-state index in [1.54, 1.807) is 0 Å². The lowest BCUT2D eigenvalue weighted by molar-refractivity contribution is 0.102. The smallest absolute Gasteiger partial charge is 0.136 e. The summed E-state index contributed by atoms with van der Waals surface area (Å²) in [6, 6.07) is 4.29. The maximum atomic E-state index is 12.8. The number of hydrogen-bond acceptors (Lipinski definition) is 4. The fraction of sp³-hybridized carbons (Fsp3) is 0.650. The van der Waals surface area contributed by atoms with E-state index in [-0.39, 0.29) is 16.2 Å². The lowest BCUT2D eigenvalue weighted by atomic mass is 9.73. The first-order valence-electron chi connectivity index (χ1n) is 9.26. The second kappa shape index (κ2) is 6.93. The van der Waals surface area contributed by atoms with Crippen LogP contribution in [-0.2, 0) is 17.8 Å². The van der Waals surface area contributed by atoms with Gasteiger partial charge in [0.1, 0.15) is 10.8 Å². The lowest BCUT2D eigenvalue weighted by Crippen LogP contribution is -2.49. The second-order valence-corrected chi connectivity index (χ2v) is 10.4. The molecule has 4 nitrogen and oxygen atoms in total. The molecule has 0 saturated carbocycles. The van der Waals surface area contributed by atoms with Crippen LogP contribution in [-0.4, -0.2) is 32.3 Å². The van der Waals surface area contributed by atoms with E-state index < -0.39 is 11.4 Å². The molecule has 2 heterocycles. The van der Waals surface area contributed by atoms with Gasteiger partial charge < -0.3 is 9.45 Å². The number of nitrogens with zero attached hydrogens (tertiary/aromatic N) is 2. The van der Waals surface area contributed by atoms with E-state index in [9.17, 15) is 4.55 Å². The lowest BCUT2D eigenvalue weighted by Gasteiger charge is -2.44. The van der Waals surface area contributed by atoms with Gasteiger partial charge >= 0.3 is 0 Å². The summed E-state index contributed by atoms with van der Waals surface area (Å²) < 4.78 is 16.0. The van der Waals surface area contributed by atoms with E-state index in [0.717, 1.165) is 38.0 Å². The first-order chi connectivity index (χ1) is 11.8. The number of allylic oxidation sites excluding steroid dienone is 2. The molecule has 2 atom stereocenters. The number of aromatic nitrogens is 1. The van der Waals surface area contributed by atoms with Crippen LogP contribution in [0.2, 0.25) is 0 Å². The van der Waals surface area contributed by atoms with Gasteiger partial charge in [-0.1, -0.05) is 12.1 Å². The van der Waals surface area contributed by atoms with Gasteiger partial charge in [-0.2, -0.15) is 0 Å². The molecule has 1 spiro atoms. The molecule has 2 aliphatic rings. The maximum absolute atomic E-state index is 12.8. The SMILES string of the molecule is C/C=C(\C)N1CCC2(CC1)Cc1cccnc1[C@H]2N[S+]([O-])C(C)(C)C. The van der Waals surface area contributed by atoms with Gasteiger partial charge in [-0.15, -0.1) is 4.72 Å². The van der Waals surface area contributed by atoms with Crippen molar-refractivity contribution in [1.29, 1.82) is 0 Å². The molecular weight excluding hydrogens is 330 g/mol. The molecule has 1 aromatic rings. The second-order valence-electron chi connectivity index (χ2n) is 8.44. The third-order valence-corrected chi connectivity index (χ3v) is 7.37. The Morgan fingerprint density at radius 1 is 1.40 bits per heavy atom. The highest BCUT2D eigenvalue weighted by Crippen LogP contribution is 2.52. The van der Waals surface area contributed by atoms with Crippen molar-refractivity contribution in [3.05, 3.63) is 41.4 Å². The van der Waals surface area contributed by atoms with Crippen LogP contribution in [0.25, 0.3) is 0 Å². The van der Waals surface area contributed by atoms with Crippen LogP contribution in [0.1, 0.15) is 64.8 Å². The van der Waals surface area contributed by atoms with Crippen molar-refractivity contribution < 1.29 is 4.55 Å². The molecule has 3 rings (SSSR count). The quantitative estimate of drug-likeness (QED) is 0.833. The molecule has 1 aliphatic heterocycles. The molecule has 0 radical (unpaired) electrons. The maximum Gasteiger partial charge on any atom is 0.136 e. The zero-order valence-electron chi connectivity index (χ0n) is 16.1. The van der Waals surface area contributed by atoms with Crippen LogP contribution in [0.5, 0.6) is 0 Å². The summed E-state index contributed by atoms with van der Waals surface area (Å²) in [5.74, 6) is 0. The summed E-state index contributed by atoms with van der Waals surface area (Å²) in [6.07, 6.45) is 7.30. The van der Waals surface area contributed by atoms with Crippen molar-refractivity contribution in [3.63, 3.8) is 0 Å². The zero-order chi connectivity index (χ0) is 18.2. The summed E-state index contributed by atoms with van der Waals surface area (Å²) >= 11 is -1.10. The summed E-state index contributed by atoms with van der Waals surface area (Å²) in [4.78, 5) is 7.15. The van der Waals surface area contributed by atoms with Crippen molar-refractivity contribution in [1.82, 2.24) is 14.6 Å². The summed E-state index contributed by atoms with van der Waals surface area (Å²) in [5, 5.41) is 0. The third-order valence-electron chi connectivity index (χ3n) is 5.81. The standard InChI is InChI=1S/C20H31N3OS/c1-6-15(2)23-12-9-20(10-13-23)14-16-8-7-11-21-17(16)18(20)22-25(24)19(3,4)5/h6-8,11,18,22H,9-10,12-14H2,1-5H3/b15-6+/t18-,25?/m1/s1. The molecule has 1 aromatic heterocycles. The fourth-order valence-electron chi connectivity index (χ4n) is 4.05. The average molecular weight is 362 g/mol. The normalized spacial score (nSPS) is 24.5. The monoisotopic (exact) mass is 361 g/mol. The van der Waals surface area contributed by atoms with Gasteiger partial charge in [-0.05, 0) is 65.5 Å². The number of piperidine rings is 1. The molecule has 0 aromatic carbocycles. The number of rotatable bonds is 3. The Morgan fingerprint density at radius 2 is 2.08 bits per heavy atom. The van der Waals surface area contributed by atoms with Crippen molar-refractivity contribution in [2.24, 2.45) is 5.41 Å². The number of nitrogens with one attached hydrogen (secondary N) is 1. The van der Waals surface area contributed by atoms with E-state index >= 15 is 0 Å². The zero-order valence-corrected chi connectivity index (χ0v) is 16.9. The van der Waals surface area contributed by atoms with Crippen LogP contribution < -0.4 is 4.72 Å². The van der Waals surface area contributed by atoms with Gasteiger partial charge in [-0.25, -0.2) is 0 Å². The molecule has 1 unspecified atom stereocenters. The minimum atomic E-state index is -1.10. The van der Waals surface area contributed by atoms with Crippen LogP contribution in [0.15, 0.2) is 30.1 Å². The molecular formula is C20H31N3OS. The Bertz CT molecular complexity index is 645. The van der Waals surface area contributed by atoms with Gasteiger partial charge in [0.15, 0.2) is 0 Å². The number of fused-ring (bicyclic) bond motifs is 1. The number of hydrogen-bond donors (Lipinski definition) is 1. The largest absolute Gasteiger partial charge is 0.598 e. The van der Waals surface area contributed by atoms with E-state index in [0.29, 0.717) is 0 Å². The van der Waals surface area contributed by atoms with Gasteiger partial charge in [0.2, 0.25) is 0 Å². The average Bonchev–Trinajstić information content (AvgIpc) is 2.87. The van der Waals surface area contributed by atoms with E-state index in [2.05, 4.69) is 40.6 Å². The predicted octanol–water partition coefficient (Wildman–Crippen LogP) is 3.74. The molecule has 0 amide bonds. The molecule has 5 heteroatoms. The van der Waals surface area contributed by atoms with Gasteiger partial charge in [0, 0.05) is 41.8 Å². The van der Waals surface area contributed by atoms with E-state index in [4.69, 9.17) is 0 Å². The Kier molecular flexibility index (Phi) is 5.20. The summed E-state index contributed by atoms with van der Waals surface area (Å²) in [7, 11) is 0. The molecule has 1 N–H and O–H groups in total. The topological polar surface area (TPSA) is 51.2 Å². The first-order valence-corrected chi connectivity index (χ1v) is 10.4. The Hall–Kier alpha value is -1.04. The van der Waals surface area contributed by atoms with E-state index in [1.165, 1.54) is 11.3 Å². The molecule has 1 fully saturated rings. The van der Waals surface area contributed by atoms with Crippen molar-refractivity contribution in [3.8, 4) is 0 Å². The van der Waals surface area contributed by atoms with Crippen LogP contribution >= 0.6 is 0 Å². The van der Waals surface area contributed by atoms with Gasteiger partial charge in [-0.3, -0.25) is 4.98 Å². The molecule has 0 bridgehead atoms. The van der Waals surface area contributed by atoms with Crippen LogP contribution in [0.4, 0.5) is 0 Å². The third kappa shape index (κ3) is 3.60. The number of likely N-dealkylation sites (tertiary alicyclic amines) is 1. The van der Waals surface area contributed by atoms with E-state index in [1.807, 2.05) is 33.0 Å². The molecule has 138 valence electrons. The first kappa shape index (κ1) is 18.7. The van der Waals surface area contributed by atoms with Gasteiger partial charge in [0.25, 0.3) is 0 Å². The minimum absolute atomic E-state index is 0.0804. The van der Waals surface area contributed by atoms with Crippen LogP contribution in [0, 0.1) is 5.41 Å². The minimum Gasteiger partial charge on any atom is -0.598 e. The highest BCUT2D eigenvalue weighted by molar-refractivity contribution is 7.90. The summed E-state index contributed by atoms with van der Waals surface area (Å²) in [5.41, 5.74) is 3.91. The van der Waals surface area contributed by atoms with Crippen molar-refractivity contribution >= 4 is 11.4 Å².